The highest BCUT2D eigenvalue weighted by molar-refractivity contribution is 7.80. The third-order valence-electron chi connectivity index (χ3n) is 3.17. The van der Waals surface area contributed by atoms with Crippen molar-refractivity contribution >= 4 is 17.3 Å². The second-order valence-corrected chi connectivity index (χ2v) is 4.83. The summed E-state index contributed by atoms with van der Waals surface area (Å²) < 4.78 is 13.1. The predicted molar refractivity (Wildman–Crippen MR) is 74.9 cm³/mol. The Morgan fingerprint density at radius 3 is 2.67 bits per heavy atom. The van der Waals surface area contributed by atoms with E-state index < -0.39 is 0 Å². The third kappa shape index (κ3) is 3.40. The van der Waals surface area contributed by atoms with E-state index in [1.54, 1.807) is 12.1 Å². The van der Waals surface area contributed by atoms with Gasteiger partial charge in [-0.2, -0.15) is 0 Å². The SMILES string of the molecule is CNC(=S)N1CCN(Cc2cccc(F)c2)CC1. The monoisotopic (exact) mass is 267 g/mol. The minimum absolute atomic E-state index is 0.164. The van der Waals surface area contributed by atoms with E-state index in [2.05, 4.69) is 15.1 Å². The molecular weight excluding hydrogens is 249 g/mol. The van der Waals surface area contributed by atoms with Crippen molar-refractivity contribution in [2.75, 3.05) is 33.2 Å². The fourth-order valence-electron chi connectivity index (χ4n) is 2.16. The Balaban J connectivity index is 1.85. The number of hydrogen-bond donors (Lipinski definition) is 1. The summed E-state index contributed by atoms with van der Waals surface area (Å²) in [4.78, 5) is 4.49. The quantitative estimate of drug-likeness (QED) is 0.817. The van der Waals surface area contributed by atoms with Gasteiger partial charge in [-0.25, -0.2) is 4.39 Å². The highest BCUT2D eigenvalue weighted by atomic mass is 32.1. The van der Waals surface area contributed by atoms with E-state index in [4.69, 9.17) is 12.2 Å². The van der Waals surface area contributed by atoms with Gasteiger partial charge in [0.1, 0.15) is 5.82 Å². The van der Waals surface area contributed by atoms with Crippen LogP contribution in [0.4, 0.5) is 4.39 Å². The van der Waals surface area contributed by atoms with Gasteiger partial charge in [0, 0.05) is 39.8 Å². The van der Waals surface area contributed by atoms with Gasteiger partial charge in [0.15, 0.2) is 5.11 Å². The van der Waals surface area contributed by atoms with Gasteiger partial charge in [0.25, 0.3) is 0 Å². The number of piperazine rings is 1. The van der Waals surface area contributed by atoms with Crippen molar-refractivity contribution in [3.05, 3.63) is 35.6 Å². The maximum atomic E-state index is 13.1. The number of hydrogen-bond acceptors (Lipinski definition) is 2. The van der Waals surface area contributed by atoms with Crippen LogP contribution in [0, 0.1) is 5.82 Å². The molecule has 1 aliphatic heterocycles. The Morgan fingerprint density at radius 1 is 1.33 bits per heavy atom. The second-order valence-electron chi connectivity index (χ2n) is 4.45. The van der Waals surface area contributed by atoms with E-state index in [0.717, 1.165) is 43.4 Å². The van der Waals surface area contributed by atoms with Crippen LogP contribution < -0.4 is 5.32 Å². The standard InChI is InChI=1S/C13H18FN3S/c1-15-13(18)17-7-5-16(6-8-17)10-11-3-2-4-12(14)9-11/h2-4,9H,5-8,10H2,1H3,(H,15,18). The molecule has 3 nitrogen and oxygen atoms in total. The minimum Gasteiger partial charge on any atom is -0.366 e. The second kappa shape index (κ2) is 6.11. The van der Waals surface area contributed by atoms with Crippen molar-refractivity contribution in [2.24, 2.45) is 0 Å². The molecule has 0 bridgehead atoms. The van der Waals surface area contributed by atoms with Crippen LogP contribution in [0.5, 0.6) is 0 Å². The van der Waals surface area contributed by atoms with Crippen LogP contribution in [0.2, 0.25) is 0 Å². The van der Waals surface area contributed by atoms with Crippen molar-refractivity contribution in [1.29, 1.82) is 0 Å². The zero-order chi connectivity index (χ0) is 13.0. The van der Waals surface area contributed by atoms with Gasteiger partial charge in [-0.05, 0) is 29.9 Å². The van der Waals surface area contributed by atoms with Gasteiger partial charge in [0.05, 0.1) is 0 Å². The van der Waals surface area contributed by atoms with E-state index in [0.29, 0.717) is 0 Å². The van der Waals surface area contributed by atoms with Gasteiger partial charge < -0.3 is 10.2 Å². The first-order chi connectivity index (χ1) is 8.69. The highest BCUT2D eigenvalue weighted by Gasteiger charge is 2.18. The minimum atomic E-state index is -0.164. The van der Waals surface area contributed by atoms with Crippen molar-refractivity contribution < 1.29 is 4.39 Å². The van der Waals surface area contributed by atoms with Crippen LogP contribution >= 0.6 is 12.2 Å². The van der Waals surface area contributed by atoms with Crippen molar-refractivity contribution in [3.8, 4) is 0 Å². The first-order valence-electron chi connectivity index (χ1n) is 6.12. The summed E-state index contributed by atoms with van der Waals surface area (Å²) in [5, 5.41) is 3.80. The molecule has 1 aromatic carbocycles. The predicted octanol–water partition coefficient (Wildman–Crippen LogP) is 1.45. The summed E-state index contributed by atoms with van der Waals surface area (Å²) in [6.07, 6.45) is 0. The van der Waals surface area contributed by atoms with Crippen LogP contribution in [0.25, 0.3) is 0 Å². The molecule has 0 aromatic heterocycles. The van der Waals surface area contributed by atoms with Gasteiger partial charge in [0.2, 0.25) is 0 Å². The van der Waals surface area contributed by atoms with Gasteiger partial charge in [-0.3, -0.25) is 4.90 Å². The molecule has 1 N–H and O–H groups in total. The summed E-state index contributed by atoms with van der Waals surface area (Å²) in [5.41, 5.74) is 1.03. The molecule has 1 aromatic rings. The van der Waals surface area contributed by atoms with E-state index >= 15 is 0 Å². The largest absolute Gasteiger partial charge is 0.366 e. The van der Waals surface area contributed by atoms with E-state index in [1.807, 2.05) is 13.1 Å². The molecule has 0 spiro atoms. The Bertz CT molecular complexity index is 416. The molecule has 0 amide bonds. The van der Waals surface area contributed by atoms with Gasteiger partial charge in [-0.15, -0.1) is 0 Å². The van der Waals surface area contributed by atoms with Crippen LogP contribution in [-0.4, -0.2) is 48.1 Å². The Hall–Kier alpha value is -1.20. The lowest BCUT2D eigenvalue weighted by molar-refractivity contribution is 0.175. The van der Waals surface area contributed by atoms with E-state index in [-0.39, 0.29) is 5.82 Å². The fourth-order valence-corrected chi connectivity index (χ4v) is 2.34. The summed E-state index contributed by atoms with van der Waals surface area (Å²) in [6, 6.07) is 6.81. The lowest BCUT2D eigenvalue weighted by atomic mass is 10.2. The average molecular weight is 267 g/mol. The maximum Gasteiger partial charge on any atom is 0.168 e. The molecule has 0 radical (unpaired) electrons. The lowest BCUT2D eigenvalue weighted by Crippen LogP contribution is -2.50. The fraction of sp³-hybridized carbons (Fsp3) is 0.462. The van der Waals surface area contributed by atoms with Crippen LogP contribution in [0.3, 0.4) is 0 Å². The van der Waals surface area contributed by atoms with Crippen molar-refractivity contribution in [2.45, 2.75) is 6.54 Å². The van der Waals surface area contributed by atoms with Crippen LogP contribution in [-0.2, 0) is 6.54 Å². The van der Waals surface area contributed by atoms with Crippen LogP contribution in [0.1, 0.15) is 5.56 Å². The molecule has 1 heterocycles. The number of nitrogens with zero attached hydrogens (tertiary/aromatic N) is 2. The molecule has 5 heteroatoms. The maximum absolute atomic E-state index is 13.1. The van der Waals surface area contributed by atoms with Gasteiger partial charge >= 0.3 is 0 Å². The molecule has 0 aliphatic carbocycles. The van der Waals surface area contributed by atoms with Crippen molar-refractivity contribution in [1.82, 2.24) is 15.1 Å². The smallest absolute Gasteiger partial charge is 0.168 e. The number of benzene rings is 1. The third-order valence-corrected chi connectivity index (χ3v) is 3.63. The molecule has 98 valence electrons. The molecule has 0 atom stereocenters. The van der Waals surface area contributed by atoms with E-state index in [1.165, 1.54) is 6.07 Å². The zero-order valence-electron chi connectivity index (χ0n) is 10.5. The summed E-state index contributed by atoms with van der Waals surface area (Å²) in [5.74, 6) is -0.164. The van der Waals surface area contributed by atoms with E-state index in [9.17, 15) is 4.39 Å². The normalized spacial score (nSPS) is 16.7. The van der Waals surface area contributed by atoms with Crippen LogP contribution in [0.15, 0.2) is 24.3 Å². The number of thiocarbonyl (C=S) groups is 1. The van der Waals surface area contributed by atoms with Crippen molar-refractivity contribution in [3.63, 3.8) is 0 Å². The highest BCUT2D eigenvalue weighted by Crippen LogP contribution is 2.10. The molecule has 1 aliphatic rings. The number of halogens is 1. The first-order valence-corrected chi connectivity index (χ1v) is 6.53. The zero-order valence-corrected chi connectivity index (χ0v) is 11.3. The number of rotatable bonds is 2. The Labute approximate surface area is 113 Å². The molecule has 0 saturated carbocycles. The molecule has 1 saturated heterocycles. The first kappa shape index (κ1) is 13.2. The summed E-state index contributed by atoms with van der Waals surface area (Å²) in [6.45, 7) is 4.57. The van der Waals surface area contributed by atoms with Gasteiger partial charge in [-0.1, -0.05) is 12.1 Å². The topological polar surface area (TPSA) is 18.5 Å². The average Bonchev–Trinajstić information content (AvgIpc) is 2.39. The summed E-state index contributed by atoms with van der Waals surface area (Å²) in [7, 11) is 1.85. The Morgan fingerprint density at radius 2 is 2.06 bits per heavy atom. The molecule has 18 heavy (non-hydrogen) atoms. The lowest BCUT2D eigenvalue weighted by Gasteiger charge is -2.35. The summed E-state index contributed by atoms with van der Waals surface area (Å²) >= 11 is 5.21. The molecule has 1 fully saturated rings. The molecule has 0 unspecified atom stereocenters. The number of nitrogens with one attached hydrogen (secondary N) is 1. The molecular formula is C13H18FN3S. The Kier molecular flexibility index (Phi) is 4.49. The molecule has 2 rings (SSSR count).